The van der Waals surface area contributed by atoms with Crippen LogP contribution >= 0.6 is 0 Å². The zero-order valence-corrected chi connectivity index (χ0v) is 24.7. The highest BCUT2D eigenvalue weighted by Gasteiger charge is 2.25. The van der Waals surface area contributed by atoms with Crippen molar-refractivity contribution in [3.05, 3.63) is 77.6 Å². The first-order chi connectivity index (χ1) is 20.2. The quantitative estimate of drug-likeness (QED) is 0.258. The summed E-state index contributed by atoms with van der Waals surface area (Å²) in [6.45, 7) is 13.9. The number of fused-ring (bicyclic) bond motifs is 1. The predicted octanol–water partition coefficient (Wildman–Crippen LogP) is 5.18. The van der Waals surface area contributed by atoms with E-state index in [0.717, 1.165) is 65.1 Å². The van der Waals surface area contributed by atoms with Gasteiger partial charge < -0.3 is 20.1 Å². The number of hydrogen-bond acceptors (Lipinski definition) is 8. The van der Waals surface area contributed by atoms with Gasteiger partial charge in [0.2, 0.25) is 5.89 Å². The van der Waals surface area contributed by atoms with Crippen molar-refractivity contribution in [1.82, 2.24) is 36.0 Å². The minimum Gasteiger partial charge on any atom is -0.369 e. The van der Waals surface area contributed by atoms with Gasteiger partial charge in [-0.15, -0.1) is 0 Å². The van der Waals surface area contributed by atoms with Gasteiger partial charge in [-0.05, 0) is 54.8 Å². The van der Waals surface area contributed by atoms with E-state index >= 15 is 0 Å². The lowest BCUT2D eigenvalue weighted by Gasteiger charge is -2.29. The van der Waals surface area contributed by atoms with Crippen molar-refractivity contribution in [2.75, 3.05) is 31.1 Å². The van der Waals surface area contributed by atoms with Crippen LogP contribution in [0.15, 0.2) is 59.3 Å². The number of carbonyl (C=O) groups excluding carboxylic acids is 1. The molecule has 1 saturated heterocycles. The van der Waals surface area contributed by atoms with Crippen LogP contribution in [0.3, 0.4) is 0 Å². The molecule has 1 fully saturated rings. The molecule has 0 saturated carbocycles. The molecule has 10 nitrogen and oxygen atoms in total. The van der Waals surface area contributed by atoms with E-state index in [9.17, 15) is 4.79 Å². The molecule has 10 heteroatoms. The summed E-state index contributed by atoms with van der Waals surface area (Å²) < 4.78 is 5.28. The molecule has 1 aliphatic heterocycles. The summed E-state index contributed by atoms with van der Waals surface area (Å²) in [5.41, 5.74) is 7.68. The van der Waals surface area contributed by atoms with E-state index in [1.165, 1.54) is 5.69 Å². The van der Waals surface area contributed by atoms with E-state index in [-0.39, 0.29) is 23.2 Å². The maximum atomic E-state index is 12.8. The number of carbonyl (C=O) groups is 1. The van der Waals surface area contributed by atoms with E-state index in [4.69, 9.17) is 4.52 Å². The molecule has 0 unspecified atom stereocenters. The third-order valence-corrected chi connectivity index (χ3v) is 7.74. The van der Waals surface area contributed by atoms with Gasteiger partial charge in [-0.25, -0.2) is 4.98 Å². The number of aryl methyl sites for hydroxylation is 1. The Balaban J connectivity index is 1.21. The number of benzene rings is 2. The fourth-order valence-electron chi connectivity index (χ4n) is 5.34. The number of piperazine rings is 1. The Hall–Kier alpha value is -4.57. The maximum Gasteiger partial charge on any atom is 0.293 e. The topological polar surface area (TPSA) is 125 Å². The lowest BCUT2D eigenvalue weighted by Crippen LogP contribution is -2.43. The lowest BCUT2D eigenvalue weighted by atomic mass is 9.97. The minimum atomic E-state index is -0.371. The Morgan fingerprint density at radius 1 is 1.02 bits per heavy atom. The number of H-pyrrole nitrogens is 1. The van der Waals surface area contributed by atoms with Crippen LogP contribution in [0.5, 0.6) is 0 Å². The van der Waals surface area contributed by atoms with Crippen LogP contribution in [-0.4, -0.2) is 57.4 Å². The number of aromatic amines is 1. The lowest BCUT2D eigenvalue weighted by molar-refractivity contribution is 0.0926. The average molecular weight is 565 g/mol. The second-order valence-corrected chi connectivity index (χ2v) is 11.9. The SMILES string of the molecule is Cc1cc(-c2[nH]nc3ncc(-c4ccc(N5CCNCC5)cc4)cc23)ccc1[C@@H](C)NC(=O)c1noc(C(C)(C)C)n1. The Bertz CT molecular complexity index is 1730. The molecule has 0 radical (unpaired) electrons. The molecule has 4 heterocycles. The predicted molar refractivity (Wildman–Crippen MR) is 163 cm³/mol. The van der Waals surface area contributed by atoms with Gasteiger partial charge in [-0.2, -0.15) is 10.1 Å². The van der Waals surface area contributed by atoms with Crippen LogP contribution in [0.25, 0.3) is 33.4 Å². The monoisotopic (exact) mass is 564 g/mol. The van der Waals surface area contributed by atoms with E-state index in [1.807, 2.05) is 52.9 Å². The molecule has 216 valence electrons. The number of rotatable bonds is 6. The zero-order valence-electron chi connectivity index (χ0n) is 24.7. The van der Waals surface area contributed by atoms with Crippen molar-refractivity contribution in [2.45, 2.75) is 46.1 Å². The smallest absolute Gasteiger partial charge is 0.293 e. The molecule has 1 amide bonds. The molecule has 5 aromatic rings. The van der Waals surface area contributed by atoms with Crippen LogP contribution in [0.1, 0.15) is 61.4 Å². The van der Waals surface area contributed by atoms with E-state index < -0.39 is 0 Å². The molecule has 1 atom stereocenters. The van der Waals surface area contributed by atoms with Crippen molar-refractivity contribution < 1.29 is 9.32 Å². The summed E-state index contributed by atoms with van der Waals surface area (Å²) in [6, 6.07) is 16.8. The van der Waals surface area contributed by atoms with Crippen molar-refractivity contribution in [2.24, 2.45) is 0 Å². The van der Waals surface area contributed by atoms with Gasteiger partial charge in [0.05, 0.1) is 11.7 Å². The molecule has 6 rings (SSSR count). The summed E-state index contributed by atoms with van der Waals surface area (Å²) in [7, 11) is 0. The first-order valence-corrected chi connectivity index (χ1v) is 14.3. The molecule has 2 aromatic carbocycles. The maximum absolute atomic E-state index is 12.8. The number of anilines is 1. The summed E-state index contributed by atoms with van der Waals surface area (Å²) in [5, 5.41) is 18.9. The molecular formula is C32H36N8O2. The second kappa shape index (κ2) is 11.0. The van der Waals surface area contributed by atoms with Crippen LogP contribution in [0, 0.1) is 6.92 Å². The fourth-order valence-corrected chi connectivity index (χ4v) is 5.34. The molecule has 0 aliphatic carbocycles. The summed E-state index contributed by atoms with van der Waals surface area (Å²) in [5.74, 6) is 0.0913. The molecule has 1 aliphatic rings. The number of nitrogens with zero attached hydrogens (tertiary/aromatic N) is 5. The Kier molecular flexibility index (Phi) is 7.24. The van der Waals surface area contributed by atoms with Crippen LogP contribution < -0.4 is 15.5 Å². The Morgan fingerprint density at radius 2 is 1.76 bits per heavy atom. The van der Waals surface area contributed by atoms with E-state index in [2.05, 4.69) is 77.3 Å². The van der Waals surface area contributed by atoms with Crippen LogP contribution in [-0.2, 0) is 5.41 Å². The molecule has 0 bridgehead atoms. The molecule has 3 N–H and O–H groups in total. The van der Waals surface area contributed by atoms with Gasteiger partial charge in [0.15, 0.2) is 5.65 Å². The third kappa shape index (κ3) is 5.49. The second-order valence-electron chi connectivity index (χ2n) is 11.9. The van der Waals surface area contributed by atoms with Gasteiger partial charge in [0.1, 0.15) is 0 Å². The third-order valence-electron chi connectivity index (χ3n) is 7.74. The fraction of sp³-hybridized carbons (Fsp3) is 0.344. The minimum absolute atomic E-state index is 0.0340. The standard InChI is InChI=1S/C32H36N8O2/c1-19-16-22(8-11-25(19)20(2)35-30(41)29-36-31(42-39-29)32(3,4)5)27-26-17-23(18-34-28(26)38-37-27)21-6-9-24(10-7-21)40-14-12-33-13-15-40/h6-11,16-18,20,33H,12-15H2,1-5H3,(H,35,41)(H,34,37,38)/t20-/m1/s1. The molecule has 42 heavy (non-hydrogen) atoms. The highest BCUT2D eigenvalue weighted by molar-refractivity contribution is 5.93. The van der Waals surface area contributed by atoms with Gasteiger partial charge in [0, 0.05) is 60.0 Å². The van der Waals surface area contributed by atoms with Crippen LogP contribution in [0.4, 0.5) is 5.69 Å². The normalized spacial score (nSPS) is 14.7. The molecule has 3 aromatic heterocycles. The van der Waals surface area contributed by atoms with Gasteiger partial charge in [-0.1, -0.05) is 50.2 Å². The van der Waals surface area contributed by atoms with Crippen molar-refractivity contribution in [3.8, 4) is 22.4 Å². The van der Waals surface area contributed by atoms with Crippen molar-refractivity contribution in [1.29, 1.82) is 0 Å². The Labute approximate surface area is 244 Å². The van der Waals surface area contributed by atoms with Crippen LogP contribution in [0.2, 0.25) is 0 Å². The highest BCUT2D eigenvalue weighted by atomic mass is 16.5. The average Bonchev–Trinajstić information content (AvgIpc) is 3.66. The largest absolute Gasteiger partial charge is 0.369 e. The molecular weight excluding hydrogens is 528 g/mol. The summed E-state index contributed by atoms with van der Waals surface area (Å²) >= 11 is 0. The first-order valence-electron chi connectivity index (χ1n) is 14.3. The van der Waals surface area contributed by atoms with E-state index in [1.54, 1.807) is 0 Å². The number of amides is 1. The number of hydrogen-bond donors (Lipinski definition) is 3. The van der Waals surface area contributed by atoms with E-state index in [0.29, 0.717) is 11.5 Å². The summed E-state index contributed by atoms with van der Waals surface area (Å²) in [6.07, 6.45) is 1.87. The Morgan fingerprint density at radius 3 is 2.45 bits per heavy atom. The highest BCUT2D eigenvalue weighted by Crippen LogP contribution is 2.32. The zero-order chi connectivity index (χ0) is 29.4. The summed E-state index contributed by atoms with van der Waals surface area (Å²) in [4.78, 5) is 24.1. The van der Waals surface area contributed by atoms with Crippen molar-refractivity contribution >= 4 is 22.6 Å². The van der Waals surface area contributed by atoms with Crippen molar-refractivity contribution in [3.63, 3.8) is 0 Å². The number of nitrogens with one attached hydrogen (secondary N) is 3. The number of pyridine rings is 1. The first kappa shape index (κ1) is 27.6. The molecule has 0 spiro atoms. The van der Waals surface area contributed by atoms with Gasteiger partial charge in [0.25, 0.3) is 11.7 Å². The van der Waals surface area contributed by atoms with Gasteiger partial charge >= 0.3 is 0 Å². The number of aromatic nitrogens is 5. The van der Waals surface area contributed by atoms with Gasteiger partial charge in [-0.3, -0.25) is 9.89 Å².